The van der Waals surface area contributed by atoms with E-state index in [0.717, 1.165) is 0 Å². The minimum atomic E-state index is -3.66. The van der Waals surface area contributed by atoms with E-state index in [4.69, 9.17) is 0 Å². The zero-order valence-corrected chi connectivity index (χ0v) is 12.3. The number of hydrogen-bond donors (Lipinski definition) is 0. The average Bonchev–Trinajstić information content (AvgIpc) is 2.76. The Labute approximate surface area is 113 Å². The van der Waals surface area contributed by atoms with Gasteiger partial charge in [0.05, 0.1) is 0 Å². The van der Waals surface area contributed by atoms with Crippen LogP contribution in [0.25, 0.3) is 0 Å². The van der Waals surface area contributed by atoms with Crippen LogP contribution in [0.5, 0.6) is 0 Å². The van der Waals surface area contributed by atoms with Crippen molar-refractivity contribution in [3.8, 4) is 0 Å². The maximum Gasteiger partial charge on any atom is 0.262 e. The molecule has 2 atom stereocenters. The van der Waals surface area contributed by atoms with E-state index in [0.29, 0.717) is 13.0 Å². The largest absolute Gasteiger partial charge is 0.274 e. The normalized spacial score (nSPS) is 25.9. The van der Waals surface area contributed by atoms with E-state index in [1.54, 1.807) is 13.2 Å². The van der Waals surface area contributed by atoms with Gasteiger partial charge in [0.15, 0.2) is 5.03 Å². The Hall–Kier alpha value is -0.950. The number of sulfonamides is 1. The van der Waals surface area contributed by atoms with Gasteiger partial charge in [-0.3, -0.25) is 4.68 Å². The third-order valence-electron chi connectivity index (χ3n) is 3.70. The summed E-state index contributed by atoms with van der Waals surface area (Å²) in [4.78, 5) is 0. The molecule has 108 valence electrons. The molecule has 0 amide bonds. The summed E-state index contributed by atoms with van der Waals surface area (Å²) in [5.41, 5.74) is 0. The molecule has 1 aliphatic rings. The number of alkyl halides is 1. The molecule has 0 N–H and O–H groups in total. The summed E-state index contributed by atoms with van der Waals surface area (Å²) in [6.07, 6.45) is 1.03. The van der Waals surface area contributed by atoms with Crippen molar-refractivity contribution in [2.75, 3.05) is 13.1 Å². The van der Waals surface area contributed by atoms with Crippen LogP contribution in [0.3, 0.4) is 0 Å². The SMILES string of the molecule is CC(C)[C@@H]1CCN(S(=O)(=O)c2ccn(C)n2)C[C@@H]1F. The predicted octanol–water partition coefficient (Wildman–Crippen LogP) is 1.42. The first kappa shape index (κ1) is 14.5. The van der Waals surface area contributed by atoms with Gasteiger partial charge in [0.2, 0.25) is 0 Å². The molecular weight excluding hydrogens is 269 g/mol. The van der Waals surface area contributed by atoms with Crippen LogP contribution in [-0.2, 0) is 17.1 Å². The summed E-state index contributed by atoms with van der Waals surface area (Å²) in [5, 5.41) is 3.89. The van der Waals surface area contributed by atoms with Crippen LogP contribution in [-0.4, -0.2) is 41.8 Å². The monoisotopic (exact) mass is 289 g/mol. The summed E-state index contributed by atoms with van der Waals surface area (Å²) < 4.78 is 41.3. The fourth-order valence-electron chi connectivity index (χ4n) is 2.53. The van der Waals surface area contributed by atoms with Gasteiger partial charge < -0.3 is 0 Å². The third kappa shape index (κ3) is 2.81. The van der Waals surface area contributed by atoms with Crippen molar-refractivity contribution in [1.82, 2.24) is 14.1 Å². The third-order valence-corrected chi connectivity index (χ3v) is 5.46. The van der Waals surface area contributed by atoms with Gasteiger partial charge >= 0.3 is 0 Å². The second-order valence-corrected chi connectivity index (χ2v) is 7.29. The summed E-state index contributed by atoms with van der Waals surface area (Å²) in [6, 6.07) is 1.44. The minimum absolute atomic E-state index is 0.00908. The van der Waals surface area contributed by atoms with E-state index in [-0.39, 0.29) is 23.4 Å². The van der Waals surface area contributed by atoms with Crippen LogP contribution in [0.4, 0.5) is 4.39 Å². The minimum Gasteiger partial charge on any atom is -0.274 e. The van der Waals surface area contributed by atoms with Crippen molar-refractivity contribution >= 4 is 10.0 Å². The van der Waals surface area contributed by atoms with Crippen molar-refractivity contribution in [2.45, 2.75) is 31.5 Å². The topological polar surface area (TPSA) is 55.2 Å². The molecule has 1 fully saturated rings. The molecule has 5 nitrogen and oxygen atoms in total. The van der Waals surface area contributed by atoms with Crippen molar-refractivity contribution < 1.29 is 12.8 Å². The lowest BCUT2D eigenvalue weighted by atomic mass is 9.86. The lowest BCUT2D eigenvalue weighted by Gasteiger charge is -2.35. The first-order chi connectivity index (χ1) is 8.82. The lowest BCUT2D eigenvalue weighted by Crippen LogP contribution is -2.46. The molecule has 2 heterocycles. The molecule has 1 aliphatic heterocycles. The van der Waals surface area contributed by atoms with E-state index >= 15 is 0 Å². The van der Waals surface area contributed by atoms with E-state index < -0.39 is 16.2 Å². The Morgan fingerprint density at radius 3 is 2.63 bits per heavy atom. The summed E-state index contributed by atoms with van der Waals surface area (Å²) in [5.74, 6) is 0.171. The van der Waals surface area contributed by atoms with Crippen molar-refractivity contribution in [3.05, 3.63) is 12.3 Å². The lowest BCUT2D eigenvalue weighted by molar-refractivity contribution is 0.101. The van der Waals surface area contributed by atoms with Gasteiger partial charge in [-0.2, -0.15) is 9.40 Å². The number of nitrogens with zero attached hydrogens (tertiary/aromatic N) is 3. The number of piperidine rings is 1. The fraction of sp³-hybridized carbons (Fsp3) is 0.750. The van der Waals surface area contributed by atoms with Crippen molar-refractivity contribution in [3.63, 3.8) is 0 Å². The Morgan fingerprint density at radius 1 is 1.47 bits per heavy atom. The Balaban J connectivity index is 2.16. The predicted molar refractivity (Wildman–Crippen MR) is 69.8 cm³/mol. The number of aryl methyl sites for hydroxylation is 1. The van der Waals surface area contributed by atoms with Crippen LogP contribution in [0.1, 0.15) is 20.3 Å². The van der Waals surface area contributed by atoms with Crippen LogP contribution in [0.2, 0.25) is 0 Å². The molecular formula is C12H20FN3O2S. The van der Waals surface area contributed by atoms with Gasteiger partial charge in [0.1, 0.15) is 6.17 Å². The highest BCUT2D eigenvalue weighted by atomic mass is 32.2. The molecule has 1 aromatic rings. The maximum atomic E-state index is 14.1. The molecule has 0 spiro atoms. The molecule has 0 bridgehead atoms. The first-order valence-corrected chi connectivity index (χ1v) is 7.90. The Kier molecular flexibility index (Phi) is 3.96. The van der Waals surface area contributed by atoms with Gasteiger partial charge in [-0.05, 0) is 24.3 Å². The zero-order valence-electron chi connectivity index (χ0n) is 11.5. The van der Waals surface area contributed by atoms with Crippen molar-refractivity contribution in [2.24, 2.45) is 18.9 Å². The van der Waals surface area contributed by atoms with Gasteiger partial charge in [-0.1, -0.05) is 13.8 Å². The van der Waals surface area contributed by atoms with Crippen molar-refractivity contribution in [1.29, 1.82) is 0 Å². The second-order valence-electron chi connectivity index (χ2n) is 5.40. The van der Waals surface area contributed by atoms with Crippen LogP contribution >= 0.6 is 0 Å². The van der Waals surface area contributed by atoms with Crippen LogP contribution < -0.4 is 0 Å². The molecule has 0 unspecified atom stereocenters. The fourth-order valence-corrected chi connectivity index (χ4v) is 3.94. The van der Waals surface area contributed by atoms with E-state index in [9.17, 15) is 12.8 Å². The summed E-state index contributed by atoms with van der Waals surface area (Å²) in [7, 11) is -2.01. The molecule has 1 saturated heterocycles. The molecule has 7 heteroatoms. The maximum absolute atomic E-state index is 14.1. The molecule has 0 saturated carbocycles. The Morgan fingerprint density at radius 2 is 2.16 bits per heavy atom. The molecule has 0 aliphatic carbocycles. The highest BCUT2D eigenvalue weighted by Gasteiger charge is 2.37. The quantitative estimate of drug-likeness (QED) is 0.845. The second kappa shape index (κ2) is 5.20. The first-order valence-electron chi connectivity index (χ1n) is 6.46. The zero-order chi connectivity index (χ0) is 14.2. The van der Waals surface area contributed by atoms with Crippen LogP contribution in [0, 0.1) is 11.8 Å². The van der Waals surface area contributed by atoms with Gasteiger partial charge in [-0.25, -0.2) is 12.8 Å². The van der Waals surface area contributed by atoms with E-state index in [1.165, 1.54) is 15.1 Å². The summed E-state index contributed by atoms with van der Waals surface area (Å²) >= 11 is 0. The van der Waals surface area contributed by atoms with E-state index in [1.807, 2.05) is 13.8 Å². The molecule has 2 rings (SSSR count). The number of aromatic nitrogens is 2. The standard InChI is InChI=1S/C12H20FN3O2S/c1-9(2)10-4-7-16(8-11(10)13)19(17,18)12-5-6-15(3)14-12/h5-6,9-11H,4,7-8H2,1-3H3/t10-,11-/m0/s1. The smallest absolute Gasteiger partial charge is 0.262 e. The number of halogens is 1. The number of hydrogen-bond acceptors (Lipinski definition) is 3. The van der Waals surface area contributed by atoms with Gasteiger partial charge in [0.25, 0.3) is 10.0 Å². The average molecular weight is 289 g/mol. The summed E-state index contributed by atoms with van der Waals surface area (Å²) in [6.45, 7) is 4.24. The van der Waals surface area contributed by atoms with E-state index in [2.05, 4.69) is 5.10 Å². The molecule has 1 aromatic heterocycles. The van der Waals surface area contributed by atoms with Crippen LogP contribution in [0.15, 0.2) is 17.3 Å². The molecule has 0 aromatic carbocycles. The Bertz CT molecular complexity index is 541. The molecule has 19 heavy (non-hydrogen) atoms. The van der Waals surface area contributed by atoms with Gasteiger partial charge in [0, 0.05) is 26.3 Å². The highest BCUT2D eigenvalue weighted by Crippen LogP contribution is 2.29. The highest BCUT2D eigenvalue weighted by molar-refractivity contribution is 7.89. The van der Waals surface area contributed by atoms with Gasteiger partial charge in [-0.15, -0.1) is 0 Å². The number of rotatable bonds is 3. The molecule has 0 radical (unpaired) electrons.